The molecule has 10 nitrogen and oxygen atoms in total. The average Bonchev–Trinajstić information content (AvgIpc) is 3.34. The number of anilines is 4. The van der Waals surface area contributed by atoms with Gasteiger partial charge in [0.2, 0.25) is 11.9 Å². The monoisotopic (exact) mass is 453 g/mol. The van der Waals surface area contributed by atoms with Crippen molar-refractivity contribution < 1.29 is 14.3 Å². The molecule has 33 heavy (non-hydrogen) atoms. The number of hydrogen-bond acceptors (Lipinski definition) is 8. The lowest BCUT2D eigenvalue weighted by atomic mass is 9.91. The minimum Gasteiger partial charge on any atom is -0.495 e. The van der Waals surface area contributed by atoms with E-state index in [0.717, 1.165) is 25.3 Å². The predicted molar refractivity (Wildman–Crippen MR) is 128 cm³/mol. The van der Waals surface area contributed by atoms with Crippen LogP contribution in [0.5, 0.6) is 5.75 Å². The third-order valence-electron chi connectivity index (χ3n) is 6.24. The van der Waals surface area contributed by atoms with Gasteiger partial charge in [0.15, 0.2) is 5.82 Å². The third-order valence-corrected chi connectivity index (χ3v) is 6.24. The van der Waals surface area contributed by atoms with Crippen LogP contribution in [0.15, 0.2) is 24.4 Å². The molecule has 1 atom stereocenters. The topological polar surface area (TPSA) is 112 Å². The smallest absolute Gasteiger partial charge is 0.251 e. The summed E-state index contributed by atoms with van der Waals surface area (Å²) in [7, 11) is 4.90. The standard InChI is InChI=1S/C23H31N7O3/c1-23(2)13-30(15-8-9-25-11-15)19-17(29(4)21(23)32)12-26-22(28-19)27-16-7-6-14(20(31)24-3)10-18(16)33-5/h6-7,10,12,15,25H,8-9,11,13H2,1-5H3,(H,24,31)(H,26,27,28)/t15-/m1/s1. The number of nitrogens with one attached hydrogen (secondary N) is 3. The molecule has 0 saturated carbocycles. The van der Waals surface area contributed by atoms with E-state index >= 15 is 0 Å². The summed E-state index contributed by atoms with van der Waals surface area (Å²) in [6.07, 6.45) is 2.67. The van der Waals surface area contributed by atoms with E-state index in [1.807, 2.05) is 13.8 Å². The van der Waals surface area contributed by atoms with Crippen molar-refractivity contribution in [2.75, 3.05) is 56.0 Å². The second-order valence-corrected chi connectivity index (χ2v) is 9.04. The van der Waals surface area contributed by atoms with Gasteiger partial charge in [-0.25, -0.2) is 4.98 Å². The Morgan fingerprint density at radius 1 is 1.33 bits per heavy atom. The normalized spacial score (nSPS) is 19.7. The first-order valence-corrected chi connectivity index (χ1v) is 11.0. The van der Waals surface area contributed by atoms with Crippen LogP contribution in [0.2, 0.25) is 0 Å². The van der Waals surface area contributed by atoms with Gasteiger partial charge in [-0.05, 0) is 45.0 Å². The molecule has 0 aliphatic carbocycles. The lowest BCUT2D eigenvalue weighted by Gasteiger charge is -2.33. The number of benzene rings is 1. The maximum atomic E-state index is 13.1. The Kier molecular flexibility index (Phi) is 6.11. The number of rotatable bonds is 5. The van der Waals surface area contributed by atoms with Gasteiger partial charge in [0, 0.05) is 38.8 Å². The van der Waals surface area contributed by atoms with Gasteiger partial charge in [0.1, 0.15) is 11.4 Å². The van der Waals surface area contributed by atoms with Gasteiger partial charge >= 0.3 is 0 Å². The molecular formula is C23H31N7O3. The number of aromatic nitrogens is 2. The predicted octanol–water partition coefficient (Wildman–Crippen LogP) is 1.76. The number of carbonyl (C=O) groups is 2. The van der Waals surface area contributed by atoms with Gasteiger partial charge in [-0.2, -0.15) is 4.98 Å². The number of fused-ring (bicyclic) bond motifs is 1. The molecule has 1 aromatic heterocycles. The van der Waals surface area contributed by atoms with Gasteiger partial charge in [0.25, 0.3) is 5.91 Å². The summed E-state index contributed by atoms with van der Waals surface area (Å²) in [5, 5.41) is 9.23. The van der Waals surface area contributed by atoms with Crippen molar-refractivity contribution in [1.82, 2.24) is 20.6 Å². The van der Waals surface area contributed by atoms with Gasteiger partial charge in [-0.1, -0.05) is 0 Å². The summed E-state index contributed by atoms with van der Waals surface area (Å²) in [4.78, 5) is 38.3. The summed E-state index contributed by atoms with van der Waals surface area (Å²) in [5.74, 6) is 1.45. The molecule has 1 saturated heterocycles. The summed E-state index contributed by atoms with van der Waals surface area (Å²) < 4.78 is 5.48. The molecular weight excluding hydrogens is 422 g/mol. The fourth-order valence-electron chi connectivity index (χ4n) is 4.41. The summed E-state index contributed by atoms with van der Waals surface area (Å²) in [6.45, 7) is 6.29. The van der Waals surface area contributed by atoms with E-state index in [1.165, 1.54) is 0 Å². The highest BCUT2D eigenvalue weighted by Gasteiger charge is 2.41. The van der Waals surface area contributed by atoms with Crippen LogP contribution in [0.1, 0.15) is 30.6 Å². The second kappa shape index (κ2) is 8.86. The first-order chi connectivity index (χ1) is 15.7. The summed E-state index contributed by atoms with van der Waals surface area (Å²) in [5.41, 5.74) is 1.25. The van der Waals surface area contributed by atoms with Crippen molar-refractivity contribution in [3.63, 3.8) is 0 Å². The molecule has 1 fully saturated rings. The number of carbonyl (C=O) groups excluding carboxylic acids is 2. The molecule has 3 heterocycles. The lowest BCUT2D eigenvalue weighted by molar-refractivity contribution is -0.125. The van der Waals surface area contributed by atoms with Gasteiger partial charge in [-0.3, -0.25) is 9.59 Å². The zero-order valence-electron chi connectivity index (χ0n) is 19.7. The first-order valence-electron chi connectivity index (χ1n) is 11.0. The van der Waals surface area contributed by atoms with E-state index in [4.69, 9.17) is 9.72 Å². The summed E-state index contributed by atoms with van der Waals surface area (Å²) >= 11 is 0. The van der Waals surface area contributed by atoms with Crippen LogP contribution in [-0.4, -0.2) is 68.7 Å². The first kappa shape index (κ1) is 22.8. The lowest BCUT2D eigenvalue weighted by Crippen LogP contribution is -2.46. The van der Waals surface area contributed by atoms with Crippen molar-refractivity contribution in [2.45, 2.75) is 26.3 Å². The SMILES string of the molecule is CNC(=O)c1ccc(Nc2ncc3c(n2)N([C@@H]2CCNC2)CC(C)(C)C(=O)N3C)c(OC)c1. The molecule has 2 aromatic rings. The molecule has 10 heteroatoms. The van der Waals surface area contributed by atoms with E-state index in [9.17, 15) is 9.59 Å². The van der Waals surface area contributed by atoms with E-state index in [1.54, 1.807) is 50.5 Å². The highest BCUT2D eigenvalue weighted by Crippen LogP contribution is 2.38. The highest BCUT2D eigenvalue weighted by molar-refractivity contribution is 6.01. The van der Waals surface area contributed by atoms with E-state index in [2.05, 4.69) is 25.8 Å². The number of ether oxygens (including phenoxy) is 1. The average molecular weight is 454 g/mol. The molecule has 0 spiro atoms. The Morgan fingerprint density at radius 3 is 2.79 bits per heavy atom. The Labute approximate surface area is 193 Å². The van der Waals surface area contributed by atoms with Crippen LogP contribution in [0.25, 0.3) is 0 Å². The van der Waals surface area contributed by atoms with Crippen LogP contribution in [0.3, 0.4) is 0 Å². The fraction of sp³-hybridized carbons (Fsp3) is 0.478. The van der Waals surface area contributed by atoms with Crippen LogP contribution < -0.4 is 30.5 Å². The van der Waals surface area contributed by atoms with Crippen LogP contribution in [-0.2, 0) is 4.79 Å². The molecule has 2 aliphatic heterocycles. The van der Waals surface area contributed by atoms with Crippen molar-refractivity contribution in [3.8, 4) is 5.75 Å². The zero-order chi connectivity index (χ0) is 23.8. The minimum atomic E-state index is -0.565. The Morgan fingerprint density at radius 2 is 2.12 bits per heavy atom. The zero-order valence-corrected chi connectivity index (χ0v) is 19.7. The molecule has 0 bridgehead atoms. The Balaban J connectivity index is 1.72. The summed E-state index contributed by atoms with van der Waals surface area (Å²) in [6, 6.07) is 5.37. The second-order valence-electron chi connectivity index (χ2n) is 9.04. The number of methoxy groups -OCH3 is 1. The van der Waals surface area contributed by atoms with E-state index in [-0.39, 0.29) is 17.9 Å². The molecule has 4 rings (SSSR count). The molecule has 0 unspecified atom stereocenters. The van der Waals surface area contributed by atoms with Crippen molar-refractivity contribution in [3.05, 3.63) is 30.0 Å². The van der Waals surface area contributed by atoms with Gasteiger partial charge in [-0.15, -0.1) is 0 Å². The molecule has 176 valence electrons. The van der Waals surface area contributed by atoms with E-state index in [0.29, 0.717) is 35.2 Å². The number of amides is 2. The molecule has 1 aromatic carbocycles. The third kappa shape index (κ3) is 4.30. The van der Waals surface area contributed by atoms with Crippen LogP contribution in [0, 0.1) is 5.41 Å². The molecule has 2 amide bonds. The van der Waals surface area contributed by atoms with Gasteiger partial charge < -0.3 is 30.5 Å². The largest absolute Gasteiger partial charge is 0.495 e. The van der Waals surface area contributed by atoms with Crippen molar-refractivity contribution >= 4 is 35.0 Å². The quantitative estimate of drug-likeness (QED) is 0.628. The number of hydrogen-bond donors (Lipinski definition) is 3. The maximum Gasteiger partial charge on any atom is 0.251 e. The van der Waals surface area contributed by atoms with Crippen LogP contribution in [0.4, 0.5) is 23.1 Å². The Bertz CT molecular complexity index is 1070. The Hall–Kier alpha value is -3.40. The van der Waals surface area contributed by atoms with Crippen molar-refractivity contribution in [1.29, 1.82) is 0 Å². The molecule has 2 aliphatic rings. The fourth-order valence-corrected chi connectivity index (χ4v) is 4.41. The number of nitrogens with zero attached hydrogens (tertiary/aromatic N) is 4. The van der Waals surface area contributed by atoms with Crippen LogP contribution >= 0.6 is 0 Å². The van der Waals surface area contributed by atoms with Gasteiger partial charge in [0.05, 0.1) is 24.4 Å². The highest BCUT2D eigenvalue weighted by atomic mass is 16.5. The van der Waals surface area contributed by atoms with E-state index < -0.39 is 5.41 Å². The molecule has 3 N–H and O–H groups in total. The maximum absolute atomic E-state index is 13.1. The minimum absolute atomic E-state index is 0.0352. The van der Waals surface area contributed by atoms with Crippen molar-refractivity contribution in [2.24, 2.45) is 5.41 Å². The molecule has 0 radical (unpaired) electrons.